The number of carbonyl (C=O) groups excluding carboxylic acids is 2. The highest BCUT2D eigenvalue weighted by Crippen LogP contribution is 2.26. The maximum absolute atomic E-state index is 13.8. The van der Waals surface area contributed by atoms with Crippen molar-refractivity contribution in [3.05, 3.63) is 71.4 Å². The van der Waals surface area contributed by atoms with Crippen LogP contribution in [0.1, 0.15) is 61.3 Å². The summed E-state index contributed by atoms with van der Waals surface area (Å²) in [5, 5.41) is 13.6. The molecule has 1 atom stereocenters. The summed E-state index contributed by atoms with van der Waals surface area (Å²) >= 11 is 0. The topological polar surface area (TPSA) is 92.2 Å². The predicted molar refractivity (Wildman–Crippen MR) is 146 cm³/mol. The number of aryl methyl sites for hydroxylation is 1. The van der Waals surface area contributed by atoms with E-state index in [0.29, 0.717) is 31.5 Å². The molecule has 194 valence electrons. The maximum atomic E-state index is 13.8. The molecule has 1 aromatic heterocycles. The molecular weight excluding hydrogens is 462 g/mol. The molecule has 1 aliphatic rings. The maximum Gasteiger partial charge on any atom is 0.247 e. The molecule has 0 bridgehead atoms. The number of likely N-dealkylation sites (N-methyl/N-ethyl adjacent to an activating group) is 1. The first-order valence-corrected chi connectivity index (χ1v) is 13.3. The molecule has 1 aliphatic carbocycles. The van der Waals surface area contributed by atoms with E-state index in [1.54, 1.807) is 29.2 Å². The molecule has 2 amide bonds. The van der Waals surface area contributed by atoms with Crippen LogP contribution >= 0.6 is 0 Å². The lowest BCUT2D eigenvalue weighted by atomic mass is 9.94. The average Bonchev–Trinajstić information content (AvgIpc) is 3.33. The fraction of sp³-hybridized carbons (Fsp3) is 0.433. The van der Waals surface area contributed by atoms with Crippen LogP contribution in [-0.2, 0) is 16.0 Å². The number of fused-ring (bicyclic) bond motifs is 1. The number of amides is 2. The second-order valence-corrected chi connectivity index (χ2v) is 10.2. The fourth-order valence-electron chi connectivity index (χ4n) is 5.17. The van der Waals surface area contributed by atoms with Gasteiger partial charge in [-0.1, -0.05) is 49.6 Å². The summed E-state index contributed by atoms with van der Waals surface area (Å²) in [5.74, 6) is -0.198. The number of aromatic nitrogens is 1. The van der Waals surface area contributed by atoms with E-state index in [1.807, 2.05) is 43.4 Å². The minimum absolute atomic E-state index is 0.0553. The second-order valence-electron chi connectivity index (χ2n) is 10.2. The van der Waals surface area contributed by atoms with Crippen LogP contribution in [0.3, 0.4) is 0 Å². The van der Waals surface area contributed by atoms with Gasteiger partial charge in [-0.15, -0.1) is 0 Å². The van der Waals surface area contributed by atoms with Crippen molar-refractivity contribution < 1.29 is 9.59 Å². The van der Waals surface area contributed by atoms with E-state index in [0.717, 1.165) is 47.7 Å². The molecule has 3 aromatic rings. The summed E-state index contributed by atoms with van der Waals surface area (Å²) in [4.78, 5) is 34.6. The van der Waals surface area contributed by atoms with Crippen molar-refractivity contribution in [3.63, 3.8) is 0 Å². The van der Waals surface area contributed by atoms with E-state index in [-0.39, 0.29) is 17.9 Å². The van der Waals surface area contributed by atoms with E-state index in [2.05, 4.69) is 22.4 Å². The number of H-pyrrole nitrogens is 1. The lowest BCUT2D eigenvalue weighted by molar-refractivity contribution is -0.141. The number of nitrogens with one attached hydrogen (secondary N) is 2. The van der Waals surface area contributed by atoms with E-state index >= 15 is 0 Å². The molecule has 1 fully saturated rings. The number of nitrogens with zero attached hydrogens (tertiary/aromatic N) is 3. The molecule has 2 aromatic carbocycles. The molecule has 37 heavy (non-hydrogen) atoms. The van der Waals surface area contributed by atoms with Gasteiger partial charge in [0.05, 0.1) is 11.6 Å². The zero-order valence-electron chi connectivity index (χ0n) is 21.9. The van der Waals surface area contributed by atoms with Crippen molar-refractivity contribution in [2.75, 3.05) is 27.2 Å². The summed E-state index contributed by atoms with van der Waals surface area (Å²) in [6.45, 7) is 1.07. The Balaban J connectivity index is 1.60. The molecule has 0 spiro atoms. The molecule has 2 N–H and O–H groups in total. The number of benzene rings is 2. The highest BCUT2D eigenvalue weighted by molar-refractivity contribution is 5.89. The first-order valence-electron chi connectivity index (χ1n) is 13.3. The van der Waals surface area contributed by atoms with Crippen LogP contribution < -0.4 is 5.32 Å². The van der Waals surface area contributed by atoms with Gasteiger partial charge in [0.2, 0.25) is 11.8 Å². The third kappa shape index (κ3) is 6.78. The Labute approximate surface area is 219 Å². The number of carbonyl (C=O) groups is 2. The Hall–Kier alpha value is -3.63. The molecule has 0 aliphatic heterocycles. The summed E-state index contributed by atoms with van der Waals surface area (Å²) in [7, 11) is 3.93. The van der Waals surface area contributed by atoms with Crippen molar-refractivity contribution in [3.8, 4) is 6.07 Å². The van der Waals surface area contributed by atoms with Crippen molar-refractivity contribution in [2.24, 2.45) is 0 Å². The lowest BCUT2D eigenvalue weighted by Gasteiger charge is -2.34. The average molecular weight is 500 g/mol. The first kappa shape index (κ1) is 26.4. The quantitative estimate of drug-likeness (QED) is 0.428. The lowest BCUT2D eigenvalue weighted by Crippen LogP contribution is -2.48. The molecule has 1 heterocycles. The number of para-hydroxylation sites is 1. The number of rotatable bonds is 10. The molecule has 7 nitrogen and oxygen atoms in total. The Morgan fingerprint density at radius 3 is 2.49 bits per heavy atom. The second kappa shape index (κ2) is 12.6. The standard InChI is InChI=1S/C30H37N5O2/c1-34(2)18-19-35(28(36)17-16-24-21-32-27-11-7-6-10-26(24)27)29(23-14-12-22(20-31)13-15-23)30(37)33-25-8-4-3-5-9-25/h6-7,10-15,21,25,29,32H,3-5,8-9,16-19H2,1-2H3,(H,33,37). The molecular formula is C30H37N5O2. The molecule has 4 rings (SSSR count). The molecule has 0 radical (unpaired) electrons. The van der Waals surface area contributed by atoms with Gasteiger partial charge in [-0.25, -0.2) is 0 Å². The third-order valence-electron chi connectivity index (χ3n) is 7.26. The van der Waals surface area contributed by atoms with Crippen molar-refractivity contribution in [2.45, 2.75) is 57.0 Å². The number of nitriles is 1. The number of aromatic amines is 1. The Bertz CT molecular complexity index is 1230. The van der Waals surface area contributed by atoms with Gasteiger partial charge < -0.3 is 20.1 Å². The molecule has 1 unspecified atom stereocenters. The Morgan fingerprint density at radius 2 is 1.78 bits per heavy atom. The van der Waals surface area contributed by atoms with Gasteiger partial charge in [-0.3, -0.25) is 9.59 Å². The minimum atomic E-state index is -0.745. The largest absolute Gasteiger partial charge is 0.361 e. The monoisotopic (exact) mass is 499 g/mol. The van der Waals surface area contributed by atoms with Gasteiger partial charge >= 0.3 is 0 Å². The highest BCUT2D eigenvalue weighted by atomic mass is 16.2. The minimum Gasteiger partial charge on any atom is -0.361 e. The van der Waals surface area contributed by atoms with Gasteiger partial charge in [-0.2, -0.15) is 5.26 Å². The van der Waals surface area contributed by atoms with Gasteiger partial charge in [0.1, 0.15) is 6.04 Å². The smallest absolute Gasteiger partial charge is 0.247 e. The van der Waals surface area contributed by atoms with E-state index < -0.39 is 6.04 Å². The molecule has 0 saturated heterocycles. The fourth-order valence-corrected chi connectivity index (χ4v) is 5.17. The van der Waals surface area contributed by atoms with Gasteiger partial charge in [0.25, 0.3) is 0 Å². The first-order chi connectivity index (χ1) is 18.0. The highest BCUT2D eigenvalue weighted by Gasteiger charge is 2.32. The Morgan fingerprint density at radius 1 is 1.05 bits per heavy atom. The summed E-state index contributed by atoms with van der Waals surface area (Å²) in [6.07, 6.45) is 8.23. The van der Waals surface area contributed by atoms with E-state index in [9.17, 15) is 14.9 Å². The normalized spacial score (nSPS) is 14.9. The van der Waals surface area contributed by atoms with Crippen molar-refractivity contribution in [1.29, 1.82) is 5.26 Å². The zero-order chi connectivity index (χ0) is 26.2. The molecule has 7 heteroatoms. The van der Waals surface area contributed by atoms with Crippen LogP contribution in [0.4, 0.5) is 0 Å². The SMILES string of the molecule is CN(C)CCN(C(=O)CCc1c[nH]c2ccccc12)C(C(=O)NC1CCCCC1)c1ccc(C#N)cc1. The van der Waals surface area contributed by atoms with E-state index in [4.69, 9.17) is 0 Å². The third-order valence-corrected chi connectivity index (χ3v) is 7.26. The predicted octanol–water partition coefficient (Wildman–Crippen LogP) is 4.55. The van der Waals surface area contributed by atoms with Gasteiger partial charge in [0.15, 0.2) is 0 Å². The van der Waals surface area contributed by atoms with E-state index in [1.165, 1.54) is 6.42 Å². The summed E-state index contributed by atoms with van der Waals surface area (Å²) < 4.78 is 0. The van der Waals surface area contributed by atoms with Crippen molar-refractivity contribution >= 4 is 22.7 Å². The van der Waals surface area contributed by atoms with Crippen molar-refractivity contribution in [1.82, 2.24) is 20.1 Å². The number of hydrogen-bond donors (Lipinski definition) is 2. The summed E-state index contributed by atoms with van der Waals surface area (Å²) in [6, 6.07) is 16.7. The van der Waals surface area contributed by atoms with Gasteiger partial charge in [0, 0.05) is 42.7 Å². The van der Waals surface area contributed by atoms with Crippen LogP contribution in [0.15, 0.2) is 54.7 Å². The van der Waals surface area contributed by atoms with Crippen LogP contribution in [0.25, 0.3) is 10.9 Å². The van der Waals surface area contributed by atoms with Gasteiger partial charge in [-0.05, 0) is 62.7 Å². The van der Waals surface area contributed by atoms with Crippen LogP contribution in [0.2, 0.25) is 0 Å². The number of hydrogen-bond acceptors (Lipinski definition) is 4. The Kier molecular flexibility index (Phi) is 8.97. The van der Waals surface area contributed by atoms with Crippen LogP contribution in [-0.4, -0.2) is 59.8 Å². The molecule has 1 saturated carbocycles. The zero-order valence-corrected chi connectivity index (χ0v) is 21.9. The van der Waals surface area contributed by atoms with Crippen LogP contribution in [0.5, 0.6) is 0 Å². The summed E-state index contributed by atoms with van der Waals surface area (Å²) in [5.41, 5.74) is 3.40. The van der Waals surface area contributed by atoms with Crippen LogP contribution in [0, 0.1) is 11.3 Å².